The first-order valence-electron chi connectivity index (χ1n) is 13.1. The first kappa shape index (κ1) is 26.5. The van der Waals surface area contributed by atoms with E-state index in [-0.39, 0.29) is 0 Å². The van der Waals surface area contributed by atoms with Crippen LogP contribution in [0.5, 0.6) is 11.5 Å². The second-order valence-electron chi connectivity index (χ2n) is 9.48. The van der Waals surface area contributed by atoms with Gasteiger partial charge in [0.2, 0.25) is 0 Å². The van der Waals surface area contributed by atoms with Crippen molar-refractivity contribution in [2.24, 2.45) is 0 Å². The van der Waals surface area contributed by atoms with Gasteiger partial charge in [-0.1, -0.05) is 30.3 Å². The Morgan fingerprint density at radius 1 is 0.946 bits per heavy atom. The van der Waals surface area contributed by atoms with Gasteiger partial charge in [-0.2, -0.15) is 5.10 Å². The molecule has 0 saturated carbocycles. The highest BCUT2D eigenvalue weighted by molar-refractivity contribution is 5.98. The third kappa shape index (κ3) is 5.88. The van der Waals surface area contributed by atoms with Crippen molar-refractivity contribution < 1.29 is 9.47 Å². The number of anilines is 1. The highest BCUT2D eigenvalue weighted by Gasteiger charge is 2.21. The molecule has 0 fully saturated rings. The smallest absolute Gasteiger partial charge is 0.158 e. The molecule has 1 N–H and O–H groups in total. The molecule has 0 atom stereocenters. The van der Waals surface area contributed by atoms with Crippen LogP contribution in [0.25, 0.3) is 16.5 Å². The fourth-order valence-electron chi connectivity index (χ4n) is 5.05. The fourth-order valence-corrected chi connectivity index (χ4v) is 5.05. The lowest BCUT2D eigenvalue weighted by molar-refractivity contribution is 0.336. The van der Waals surface area contributed by atoms with Gasteiger partial charge in [0.1, 0.15) is 11.5 Å². The number of methoxy groups -OCH3 is 1. The minimum atomic E-state index is 0.613. The highest BCUT2D eigenvalue weighted by atomic mass is 16.5. The Balaban J connectivity index is 1.51. The summed E-state index contributed by atoms with van der Waals surface area (Å²) in [6.07, 6.45) is 2.24. The molecule has 4 rings (SSSR count). The molecule has 0 bridgehead atoms. The zero-order chi connectivity index (χ0) is 26.4. The van der Waals surface area contributed by atoms with Crippen LogP contribution in [0.2, 0.25) is 0 Å². The Morgan fingerprint density at radius 2 is 1.70 bits per heavy atom. The zero-order valence-electron chi connectivity index (χ0n) is 23.0. The average molecular weight is 502 g/mol. The highest BCUT2D eigenvalue weighted by Crippen LogP contribution is 2.37. The van der Waals surface area contributed by atoms with Gasteiger partial charge in [0.25, 0.3) is 0 Å². The van der Waals surface area contributed by atoms with Gasteiger partial charge in [-0.25, -0.2) is 0 Å². The van der Waals surface area contributed by atoms with Crippen molar-refractivity contribution in [3.8, 4) is 17.2 Å². The Morgan fingerprint density at radius 3 is 2.43 bits per heavy atom. The van der Waals surface area contributed by atoms with Crippen LogP contribution in [-0.4, -0.2) is 60.1 Å². The molecule has 2 heterocycles. The lowest BCUT2D eigenvalue weighted by atomic mass is 10.1. The van der Waals surface area contributed by atoms with E-state index in [0.717, 1.165) is 83.3 Å². The maximum Gasteiger partial charge on any atom is 0.158 e. The fraction of sp³-hybridized carbons (Fsp3) is 0.400. The summed E-state index contributed by atoms with van der Waals surface area (Å²) < 4.78 is 13.7. The van der Waals surface area contributed by atoms with Crippen LogP contribution >= 0.6 is 0 Å². The van der Waals surface area contributed by atoms with Gasteiger partial charge in [0.15, 0.2) is 5.82 Å². The number of hydrogen-bond donors (Lipinski definition) is 1. The molecule has 0 spiro atoms. The zero-order valence-corrected chi connectivity index (χ0v) is 23.0. The van der Waals surface area contributed by atoms with Crippen LogP contribution in [0.3, 0.4) is 0 Å². The third-order valence-corrected chi connectivity index (χ3v) is 6.88. The minimum Gasteiger partial charge on any atom is -0.494 e. The maximum atomic E-state index is 5.75. The first-order valence-corrected chi connectivity index (χ1v) is 13.1. The van der Waals surface area contributed by atoms with Crippen molar-refractivity contribution in [2.45, 2.75) is 40.5 Å². The number of ether oxygens (including phenoxy) is 2. The monoisotopic (exact) mass is 501 g/mol. The van der Waals surface area contributed by atoms with E-state index in [1.54, 1.807) is 7.11 Å². The number of rotatable bonds is 12. The molecule has 0 radical (unpaired) electrons. The molecule has 0 amide bonds. The number of likely N-dealkylation sites (N-methyl/N-ethyl adjacent to an activating group) is 1. The van der Waals surface area contributed by atoms with Crippen LogP contribution in [0, 0.1) is 20.8 Å². The molecule has 2 aromatic carbocycles. The molecule has 7 nitrogen and oxygen atoms in total. The van der Waals surface area contributed by atoms with Gasteiger partial charge < -0.3 is 24.3 Å². The number of aromatic nitrogens is 3. The number of nitrogens with zero attached hydrogens (tertiary/aromatic N) is 4. The normalized spacial score (nSPS) is 11.3. The first-order chi connectivity index (χ1) is 17.9. The number of aryl methyl sites for hydroxylation is 4. The van der Waals surface area contributed by atoms with Gasteiger partial charge >= 0.3 is 0 Å². The SMILES string of the molecule is CCOc1ccc(-n2c(C)c3c(C)nnc(NCCN(C)CCCc4ccccc4)c3c2C)c(OC)c1. The lowest BCUT2D eigenvalue weighted by Gasteiger charge is -2.17. The molecular formula is C30H39N5O2. The number of benzene rings is 2. The van der Waals surface area contributed by atoms with Gasteiger partial charge in [-0.05, 0) is 71.8 Å². The van der Waals surface area contributed by atoms with E-state index < -0.39 is 0 Å². The van der Waals surface area contributed by atoms with E-state index in [9.17, 15) is 0 Å². The average Bonchev–Trinajstić information content (AvgIpc) is 3.17. The van der Waals surface area contributed by atoms with Crippen LogP contribution < -0.4 is 14.8 Å². The predicted molar refractivity (Wildman–Crippen MR) is 152 cm³/mol. The van der Waals surface area contributed by atoms with Gasteiger partial charge in [-0.15, -0.1) is 5.10 Å². The molecule has 7 heteroatoms. The third-order valence-electron chi connectivity index (χ3n) is 6.88. The second-order valence-corrected chi connectivity index (χ2v) is 9.48. The van der Waals surface area contributed by atoms with E-state index in [1.807, 2.05) is 26.0 Å². The molecule has 2 aromatic heterocycles. The topological polar surface area (TPSA) is 64.4 Å². The standard InChI is InChI=1S/C30H39N5O2/c1-7-37-25-15-16-26(27(20-25)36-6)35-22(3)28-21(2)32-33-30(29(28)23(35)4)31-17-19-34(5)18-11-14-24-12-9-8-10-13-24/h8-10,12-13,15-16,20H,7,11,14,17-19H2,1-6H3,(H,31,33). The molecular weight excluding hydrogens is 462 g/mol. The minimum absolute atomic E-state index is 0.613. The van der Waals surface area contributed by atoms with E-state index in [1.165, 1.54) is 5.56 Å². The Bertz CT molecular complexity index is 1330. The molecule has 0 saturated heterocycles. The van der Waals surface area contributed by atoms with Crippen LogP contribution in [0.4, 0.5) is 5.82 Å². The van der Waals surface area contributed by atoms with Crippen molar-refractivity contribution in [3.63, 3.8) is 0 Å². The summed E-state index contributed by atoms with van der Waals surface area (Å²) in [6.45, 7) is 11.7. The summed E-state index contributed by atoms with van der Waals surface area (Å²) in [5.41, 5.74) is 5.50. The Hall–Kier alpha value is -3.58. The van der Waals surface area contributed by atoms with Gasteiger partial charge in [0.05, 0.1) is 25.1 Å². The summed E-state index contributed by atoms with van der Waals surface area (Å²) in [7, 11) is 3.87. The summed E-state index contributed by atoms with van der Waals surface area (Å²) >= 11 is 0. The summed E-state index contributed by atoms with van der Waals surface area (Å²) in [5.74, 6) is 2.38. The van der Waals surface area contributed by atoms with Crippen molar-refractivity contribution in [2.75, 3.05) is 45.7 Å². The largest absolute Gasteiger partial charge is 0.494 e. The quantitative estimate of drug-likeness (QED) is 0.267. The van der Waals surface area contributed by atoms with E-state index in [4.69, 9.17) is 9.47 Å². The van der Waals surface area contributed by atoms with Crippen molar-refractivity contribution in [3.05, 3.63) is 71.2 Å². The number of fused-ring (bicyclic) bond motifs is 1. The van der Waals surface area contributed by atoms with Crippen LogP contribution in [-0.2, 0) is 6.42 Å². The Labute approximate surface area is 220 Å². The van der Waals surface area contributed by atoms with Gasteiger partial charge in [-0.3, -0.25) is 0 Å². The molecule has 37 heavy (non-hydrogen) atoms. The number of nitrogens with one attached hydrogen (secondary N) is 1. The van der Waals surface area contributed by atoms with E-state index in [2.05, 4.69) is 82.3 Å². The summed E-state index contributed by atoms with van der Waals surface area (Å²) in [4.78, 5) is 2.36. The Kier molecular flexibility index (Phi) is 8.66. The predicted octanol–water partition coefficient (Wildman–Crippen LogP) is 5.73. The summed E-state index contributed by atoms with van der Waals surface area (Å²) in [6, 6.07) is 16.7. The number of hydrogen-bond acceptors (Lipinski definition) is 6. The maximum absolute atomic E-state index is 5.75. The van der Waals surface area contributed by atoms with E-state index in [0.29, 0.717) is 6.61 Å². The van der Waals surface area contributed by atoms with Gasteiger partial charge in [0, 0.05) is 41.3 Å². The molecule has 0 aliphatic carbocycles. The second kappa shape index (κ2) is 12.1. The molecule has 0 aliphatic rings. The molecule has 0 unspecified atom stereocenters. The lowest BCUT2D eigenvalue weighted by Crippen LogP contribution is -2.26. The van der Waals surface area contributed by atoms with Crippen LogP contribution in [0.15, 0.2) is 48.5 Å². The molecule has 0 aliphatic heterocycles. The molecule has 4 aromatic rings. The van der Waals surface area contributed by atoms with Crippen LogP contribution in [0.1, 0.15) is 36.0 Å². The summed E-state index contributed by atoms with van der Waals surface area (Å²) in [5, 5.41) is 14.8. The van der Waals surface area contributed by atoms with Crippen molar-refractivity contribution in [1.29, 1.82) is 0 Å². The van der Waals surface area contributed by atoms with Crippen molar-refractivity contribution in [1.82, 2.24) is 19.7 Å². The van der Waals surface area contributed by atoms with E-state index >= 15 is 0 Å². The molecule has 196 valence electrons. The van der Waals surface area contributed by atoms with Crippen molar-refractivity contribution >= 4 is 16.6 Å².